The summed E-state index contributed by atoms with van der Waals surface area (Å²) >= 11 is 0. The van der Waals surface area contributed by atoms with Crippen LogP contribution in [0.25, 0.3) is 0 Å². The summed E-state index contributed by atoms with van der Waals surface area (Å²) < 4.78 is 5.57. The smallest absolute Gasteiger partial charge is 0.258 e. The van der Waals surface area contributed by atoms with E-state index in [2.05, 4.69) is 47.4 Å². The number of piperidine rings is 1. The van der Waals surface area contributed by atoms with Crippen molar-refractivity contribution in [2.75, 3.05) is 31.6 Å². The van der Waals surface area contributed by atoms with Crippen molar-refractivity contribution in [3.05, 3.63) is 95.1 Å². The standard InChI is InChI=1S/C28H30N2O2/c1-32-27-12-5-3-10-25(27)22-13-16-29(17-14-22)20-21-7-6-9-24(19-21)28(31)30-18-15-23-8-2-4-11-26(23)30/h2-12,19,22H,13-18,20H2,1H3. The van der Waals surface area contributed by atoms with E-state index in [1.54, 1.807) is 7.11 Å². The molecule has 0 bridgehead atoms. The maximum atomic E-state index is 13.2. The van der Waals surface area contributed by atoms with Crippen LogP contribution >= 0.6 is 0 Å². The maximum Gasteiger partial charge on any atom is 0.258 e. The number of carbonyl (C=O) groups is 1. The molecule has 0 aromatic heterocycles. The number of fused-ring (bicyclic) bond motifs is 1. The molecule has 2 aliphatic rings. The van der Waals surface area contributed by atoms with E-state index >= 15 is 0 Å². The Labute approximate surface area is 190 Å². The van der Waals surface area contributed by atoms with Gasteiger partial charge in [-0.15, -0.1) is 0 Å². The topological polar surface area (TPSA) is 32.8 Å². The molecule has 0 saturated carbocycles. The lowest BCUT2D eigenvalue weighted by atomic mass is 9.88. The van der Waals surface area contributed by atoms with Crippen molar-refractivity contribution in [1.82, 2.24) is 4.90 Å². The number of hydrogen-bond donors (Lipinski definition) is 0. The van der Waals surface area contributed by atoms with E-state index in [4.69, 9.17) is 4.74 Å². The Morgan fingerprint density at radius 3 is 2.56 bits per heavy atom. The van der Waals surface area contributed by atoms with Gasteiger partial charge in [0.15, 0.2) is 0 Å². The highest BCUT2D eigenvalue weighted by Crippen LogP contribution is 2.34. The van der Waals surface area contributed by atoms with Crippen LogP contribution in [0.3, 0.4) is 0 Å². The van der Waals surface area contributed by atoms with E-state index in [1.165, 1.54) is 16.7 Å². The first-order valence-corrected chi connectivity index (χ1v) is 11.6. The Kier molecular flexibility index (Phi) is 5.95. The van der Waals surface area contributed by atoms with E-state index in [9.17, 15) is 4.79 Å². The summed E-state index contributed by atoms with van der Waals surface area (Å²) in [5.74, 6) is 1.65. The summed E-state index contributed by atoms with van der Waals surface area (Å²) in [4.78, 5) is 17.6. The van der Waals surface area contributed by atoms with Gasteiger partial charge < -0.3 is 9.64 Å². The van der Waals surface area contributed by atoms with Crippen LogP contribution in [-0.2, 0) is 13.0 Å². The fraction of sp³-hybridized carbons (Fsp3) is 0.321. The van der Waals surface area contributed by atoms with Crippen molar-refractivity contribution >= 4 is 11.6 Å². The minimum atomic E-state index is 0.103. The monoisotopic (exact) mass is 426 g/mol. The van der Waals surface area contributed by atoms with E-state index in [0.717, 1.165) is 62.4 Å². The van der Waals surface area contributed by atoms with Gasteiger partial charge in [-0.25, -0.2) is 0 Å². The Morgan fingerprint density at radius 2 is 1.72 bits per heavy atom. The molecule has 1 saturated heterocycles. The van der Waals surface area contributed by atoms with Crippen molar-refractivity contribution in [2.24, 2.45) is 0 Å². The normalized spacial score (nSPS) is 16.7. The maximum absolute atomic E-state index is 13.2. The Balaban J connectivity index is 1.23. The fourth-order valence-corrected chi connectivity index (χ4v) is 5.17. The summed E-state index contributed by atoms with van der Waals surface area (Å²) in [5.41, 5.74) is 5.63. The number of carbonyl (C=O) groups excluding carboxylic acids is 1. The van der Waals surface area contributed by atoms with E-state index in [-0.39, 0.29) is 5.91 Å². The molecule has 2 aliphatic heterocycles. The number of rotatable bonds is 5. The van der Waals surface area contributed by atoms with Crippen LogP contribution in [0.4, 0.5) is 5.69 Å². The molecular formula is C28H30N2O2. The minimum absolute atomic E-state index is 0.103. The molecule has 1 fully saturated rings. The van der Waals surface area contributed by atoms with E-state index in [0.29, 0.717) is 5.92 Å². The summed E-state index contributed by atoms with van der Waals surface area (Å²) in [6, 6.07) is 24.8. The average Bonchev–Trinajstić information content (AvgIpc) is 3.28. The van der Waals surface area contributed by atoms with Gasteiger partial charge in [0.25, 0.3) is 5.91 Å². The van der Waals surface area contributed by atoms with Crippen molar-refractivity contribution < 1.29 is 9.53 Å². The molecule has 4 heteroatoms. The van der Waals surface area contributed by atoms with Crippen LogP contribution in [-0.4, -0.2) is 37.6 Å². The number of anilines is 1. The molecule has 5 rings (SSSR count). The minimum Gasteiger partial charge on any atom is -0.496 e. The van der Waals surface area contributed by atoms with Crippen molar-refractivity contribution in [3.8, 4) is 5.75 Å². The number of methoxy groups -OCH3 is 1. The molecule has 0 unspecified atom stereocenters. The van der Waals surface area contributed by atoms with Crippen LogP contribution in [0, 0.1) is 0 Å². The molecule has 4 nitrogen and oxygen atoms in total. The lowest BCUT2D eigenvalue weighted by Gasteiger charge is -2.32. The highest BCUT2D eigenvalue weighted by molar-refractivity contribution is 6.07. The molecular weight excluding hydrogens is 396 g/mol. The van der Waals surface area contributed by atoms with Gasteiger partial charge in [-0.2, -0.15) is 0 Å². The fourth-order valence-electron chi connectivity index (χ4n) is 5.17. The zero-order valence-electron chi connectivity index (χ0n) is 18.7. The average molecular weight is 427 g/mol. The molecule has 0 aliphatic carbocycles. The summed E-state index contributed by atoms with van der Waals surface area (Å²) in [7, 11) is 1.75. The van der Waals surface area contributed by atoms with Gasteiger partial charge in [-0.05, 0) is 79.2 Å². The lowest BCUT2D eigenvalue weighted by molar-refractivity contribution is 0.0989. The molecule has 32 heavy (non-hydrogen) atoms. The zero-order valence-corrected chi connectivity index (χ0v) is 18.7. The molecule has 3 aromatic rings. The highest BCUT2D eigenvalue weighted by Gasteiger charge is 2.26. The second-order valence-electron chi connectivity index (χ2n) is 8.83. The number of amides is 1. The first kappa shape index (κ1) is 20.8. The Morgan fingerprint density at radius 1 is 0.938 bits per heavy atom. The summed E-state index contributed by atoms with van der Waals surface area (Å²) in [6.07, 6.45) is 3.19. The van der Waals surface area contributed by atoms with Crippen LogP contribution in [0.2, 0.25) is 0 Å². The highest BCUT2D eigenvalue weighted by atomic mass is 16.5. The predicted molar refractivity (Wildman–Crippen MR) is 129 cm³/mol. The summed E-state index contributed by atoms with van der Waals surface area (Å²) in [6.45, 7) is 3.76. The number of benzene rings is 3. The first-order valence-electron chi connectivity index (χ1n) is 11.6. The number of likely N-dealkylation sites (tertiary alicyclic amines) is 1. The first-order chi connectivity index (χ1) is 15.7. The molecule has 0 spiro atoms. The third-order valence-electron chi connectivity index (χ3n) is 6.88. The van der Waals surface area contributed by atoms with Crippen LogP contribution in [0.1, 0.15) is 45.8 Å². The number of ether oxygens (including phenoxy) is 1. The molecule has 2 heterocycles. The third-order valence-corrected chi connectivity index (χ3v) is 6.88. The van der Waals surface area contributed by atoms with Gasteiger partial charge in [0.2, 0.25) is 0 Å². The second kappa shape index (κ2) is 9.17. The quantitative estimate of drug-likeness (QED) is 0.557. The SMILES string of the molecule is COc1ccccc1C1CCN(Cc2cccc(C(=O)N3CCc4ccccc43)c2)CC1. The molecule has 3 aromatic carbocycles. The van der Waals surface area contributed by atoms with Gasteiger partial charge in [0.05, 0.1) is 7.11 Å². The number of para-hydroxylation sites is 2. The third kappa shape index (κ3) is 4.15. The second-order valence-corrected chi connectivity index (χ2v) is 8.83. The van der Waals surface area contributed by atoms with Gasteiger partial charge in [-0.1, -0.05) is 48.5 Å². The van der Waals surface area contributed by atoms with E-state index < -0.39 is 0 Å². The van der Waals surface area contributed by atoms with Crippen LogP contribution in [0.15, 0.2) is 72.8 Å². The van der Waals surface area contributed by atoms with Crippen molar-refractivity contribution in [1.29, 1.82) is 0 Å². The molecule has 164 valence electrons. The van der Waals surface area contributed by atoms with Gasteiger partial charge in [0.1, 0.15) is 5.75 Å². The van der Waals surface area contributed by atoms with Crippen molar-refractivity contribution in [3.63, 3.8) is 0 Å². The zero-order chi connectivity index (χ0) is 21.9. The predicted octanol–water partition coefficient (Wildman–Crippen LogP) is 5.28. The summed E-state index contributed by atoms with van der Waals surface area (Å²) in [5, 5.41) is 0. The molecule has 0 N–H and O–H groups in total. The molecule has 0 radical (unpaired) electrons. The van der Waals surface area contributed by atoms with Gasteiger partial charge in [0, 0.05) is 24.3 Å². The van der Waals surface area contributed by atoms with E-state index in [1.807, 2.05) is 35.2 Å². The lowest BCUT2D eigenvalue weighted by Crippen LogP contribution is -2.33. The van der Waals surface area contributed by atoms with Gasteiger partial charge in [-0.3, -0.25) is 9.69 Å². The molecule has 1 amide bonds. The van der Waals surface area contributed by atoms with Gasteiger partial charge >= 0.3 is 0 Å². The largest absolute Gasteiger partial charge is 0.496 e. The van der Waals surface area contributed by atoms with Crippen molar-refractivity contribution in [2.45, 2.75) is 31.7 Å². The number of hydrogen-bond acceptors (Lipinski definition) is 3. The molecule has 0 atom stereocenters. The Hall–Kier alpha value is -3.11. The van der Waals surface area contributed by atoms with Crippen LogP contribution in [0.5, 0.6) is 5.75 Å². The number of nitrogens with zero attached hydrogens (tertiary/aromatic N) is 2. The Bertz CT molecular complexity index is 1100. The van der Waals surface area contributed by atoms with Crippen LogP contribution < -0.4 is 9.64 Å².